The van der Waals surface area contributed by atoms with Crippen LogP contribution in [0.2, 0.25) is 5.02 Å². The van der Waals surface area contributed by atoms with E-state index in [2.05, 4.69) is 0 Å². The van der Waals surface area contributed by atoms with Gasteiger partial charge in [0.25, 0.3) is 0 Å². The summed E-state index contributed by atoms with van der Waals surface area (Å²) in [5.41, 5.74) is -0.0199. The van der Waals surface area contributed by atoms with Crippen molar-refractivity contribution in [2.45, 2.75) is 11.7 Å². The summed E-state index contributed by atoms with van der Waals surface area (Å²) in [7, 11) is 1.33. The Morgan fingerprint density at radius 3 is 3.05 bits per heavy atom. The summed E-state index contributed by atoms with van der Waals surface area (Å²) < 4.78 is 10.8. The minimum atomic E-state index is -0.733. The first-order valence-electron chi connectivity index (χ1n) is 7.08. The molecule has 2 fully saturated rings. The Labute approximate surface area is 132 Å². The number of fused-ring (bicyclic) bond motifs is 1. The van der Waals surface area contributed by atoms with E-state index in [1.807, 2.05) is 18.2 Å². The predicted octanol–water partition coefficient (Wildman–Crippen LogP) is 1.80. The number of methoxy groups -OCH3 is 1. The smallest absolute Gasteiger partial charge is 0.312 e. The van der Waals surface area contributed by atoms with Crippen molar-refractivity contribution in [1.29, 1.82) is 0 Å². The Hall–Kier alpha value is -1.85. The second-order valence-electron chi connectivity index (χ2n) is 5.83. The zero-order chi connectivity index (χ0) is 15.5. The average Bonchev–Trinajstić information content (AvgIpc) is 3.15. The van der Waals surface area contributed by atoms with Crippen molar-refractivity contribution in [1.82, 2.24) is 0 Å². The Kier molecular flexibility index (Phi) is 2.86. The summed E-state index contributed by atoms with van der Waals surface area (Å²) in [4.78, 5) is 26.6. The molecule has 6 heteroatoms. The molecule has 3 heterocycles. The van der Waals surface area contributed by atoms with E-state index in [0.29, 0.717) is 17.3 Å². The molecular weight excluding hydrogens is 306 g/mol. The van der Waals surface area contributed by atoms with Gasteiger partial charge in [-0.3, -0.25) is 9.59 Å². The van der Waals surface area contributed by atoms with E-state index in [-0.39, 0.29) is 12.0 Å². The van der Waals surface area contributed by atoms with Crippen molar-refractivity contribution in [2.75, 3.05) is 18.6 Å². The molecule has 0 N–H and O–H groups in total. The lowest BCUT2D eigenvalue weighted by atomic mass is 9.77. The van der Waals surface area contributed by atoms with Gasteiger partial charge in [0.2, 0.25) is 5.91 Å². The first kappa shape index (κ1) is 13.8. The summed E-state index contributed by atoms with van der Waals surface area (Å²) in [6, 6.07) is 7.11. The van der Waals surface area contributed by atoms with Crippen LogP contribution < -0.4 is 4.90 Å². The number of carbonyl (C=O) groups is 2. The van der Waals surface area contributed by atoms with E-state index in [0.717, 1.165) is 0 Å². The van der Waals surface area contributed by atoms with E-state index in [9.17, 15) is 9.59 Å². The molecule has 22 heavy (non-hydrogen) atoms. The van der Waals surface area contributed by atoms with Gasteiger partial charge in [-0.1, -0.05) is 29.8 Å². The maximum atomic E-state index is 12.9. The van der Waals surface area contributed by atoms with Crippen molar-refractivity contribution in [2.24, 2.45) is 11.8 Å². The Balaban J connectivity index is 1.73. The molecule has 0 radical (unpaired) electrons. The van der Waals surface area contributed by atoms with Gasteiger partial charge in [-0.15, -0.1) is 0 Å². The number of amides is 1. The van der Waals surface area contributed by atoms with Crippen LogP contribution in [0.5, 0.6) is 0 Å². The molecule has 0 saturated carbocycles. The Morgan fingerprint density at radius 1 is 1.50 bits per heavy atom. The summed E-state index contributed by atoms with van der Waals surface area (Å²) in [6.07, 6.45) is 3.39. The lowest BCUT2D eigenvalue weighted by Gasteiger charge is -2.22. The fraction of sp³-hybridized carbons (Fsp3) is 0.375. The van der Waals surface area contributed by atoms with Crippen molar-refractivity contribution >= 4 is 29.2 Å². The number of rotatable bonds is 2. The zero-order valence-corrected chi connectivity index (χ0v) is 12.6. The fourth-order valence-corrected chi connectivity index (χ4v) is 3.95. The fourth-order valence-electron chi connectivity index (χ4n) is 3.77. The van der Waals surface area contributed by atoms with Gasteiger partial charge in [-0.05, 0) is 18.2 Å². The van der Waals surface area contributed by atoms with Gasteiger partial charge in [-0.2, -0.15) is 0 Å². The Morgan fingerprint density at radius 2 is 2.32 bits per heavy atom. The van der Waals surface area contributed by atoms with Crippen LogP contribution in [0.3, 0.4) is 0 Å². The summed E-state index contributed by atoms with van der Waals surface area (Å²) in [5.74, 6) is -1.63. The molecule has 114 valence electrons. The zero-order valence-electron chi connectivity index (χ0n) is 11.9. The SMILES string of the molecule is COC(=O)[C@@H]1[C@H]2C(=O)N(c3cccc(Cl)c3)C[C@]23C=C[C@H]1O3. The lowest BCUT2D eigenvalue weighted by Crippen LogP contribution is -2.39. The number of ether oxygens (including phenoxy) is 2. The third-order valence-corrected chi connectivity index (χ3v) is 4.93. The quantitative estimate of drug-likeness (QED) is 0.616. The number of halogens is 1. The highest BCUT2D eigenvalue weighted by Crippen LogP contribution is 2.52. The third-order valence-electron chi connectivity index (χ3n) is 4.69. The van der Waals surface area contributed by atoms with Gasteiger partial charge in [-0.25, -0.2) is 0 Å². The molecule has 0 aliphatic carbocycles. The standard InChI is InChI=1S/C16H14ClNO4/c1-21-15(20)12-11-5-6-16(22-11)8-18(14(19)13(12)16)10-4-2-3-9(17)7-10/h2-7,11-13H,8H2,1H3/t11-,12+,13+,16-/m1/s1. The normalized spacial score (nSPS) is 35.1. The number of esters is 1. The van der Waals surface area contributed by atoms with Crippen molar-refractivity contribution < 1.29 is 19.1 Å². The molecule has 4 atom stereocenters. The second kappa shape index (κ2) is 4.57. The van der Waals surface area contributed by atoms with Crippen LogP contribution in [0.4, 0.5) is 5.69 Å². The van der Waals surface area contributed by atoms with Crippen LogP contribution in [0, 0.1) is 11.8 Å². The van der Waals surface area contributed by atoms with E-state index in [1.165, 1.54) is 7.11 Å². The number of nitrogens with zero attached hydrogens (tertiary/aromatic N) is 1. The van der Waals surface area contributed by atoms with Crippen molar-refractivity contribution in [3.8, 4) is 0 Å². The van der Waals surface area contributed by atoms with Crippen molar-refractivity contribution in [3.63, 3.8) is 0 Å². The number of hydrogen-bond donors (Lipinski definition) is 0. The molecule has 1 amide bonds. The van der Waals surface area contributed by atoms with Crippen LogP contribution >= 0.6 is 11.6 Å². The topological polar surface area (TPSA) is 55.8 Å². The molecular formula is C16H14ClNO4. The highest BCUT2D eigenvalue weighted by molar-refractivity contribution is 6.31. The molecule has 2 saturated heterocycles. The molecule has 3 aliphatic rings. The van der Waals surface area contributed by atoms with E-state index in [4.69, 9.17) is 21.1 Å². The number of anilines is 1. The van der Waals surface area contributed by atoms with Crippen LogP contribution in [0.15, 0.2) is 36.4 Å². The number of benzene rings is 1. The molecule has 2 bridgehead atoms. The molecule has 5 nitrogen and oxygen atoms in total. The molecule has 1 spiro atoms. The average molecular weight is 320 g/mol. The third kappa shape index (κ3) is 1.69. The van der Waals surface area contributed by atoms with Crippen LogP contribution in [-0.2, 0) is 19.1 Å². The maximum absolute atomic E-state index is 12.9. The number of carbonyl (C=O) groups excluding carboxylic acids is 2. The molecule has 4 rings (SSSR count). The van der Waals surface area contributed by atoms with Gasteiger partial charge in [0.05, 0.1) is 25.7 Å². The molecule has 3 aliphatic heterocycles. The van der Waals surface area contributed by atoms with E-state index < -0.39 is 23.4 Å². The second-order valence-corrected chi connectivity index (χ2v) is 6.26. The summed E-state index contributed by atoms with van der Waals surface area (Å²) in [5, 5.41) is 0.560. The first-order valence-corrected chi connectivity index (χ1v) is 7.45. The molecule has 1 aromatic carbocycles. The predicted molar refractivity (Wildman–Crippen MR) is 79.5 cm³/mol. The van der Waals surface area contributed by atoms with Gasteiger partial charge >= 0.3 is 5.97 Å². The Bertz CT molecular complexity index is 703. The van der Waals surface area contributed by atoms with E-state index in [1.54, 1.807) is 23.1 Å². The molecule has 0 aromatic heterocycles. The van der Waals surface area contributed by atoms with E-state index >= 15 is 0 Å². The molecule has 1 aromatic rings. The van der Waals surface area contributed by atoms with Crippen LogP contribution in [0.25, 0.3) is 0 Å². The minimum absolute atomic E-state index is 0.121. The highest BCUT2D eigenvalue weighted by Gasteiger charge is 2.67. The lowest BCUT2D eigenvalue weighted by molar-refractivity contribution is -0.149. The van der Waals surface area contributed by atoms with Gasteiger partial charge in [0.15, 0.2) is 0 Å². The van der Waals surface area contributed by atoms with Gasteiger partial charge in [0.1, 0.15) is 11.5 Å². The first-order chi connectivity index (χ1) is 10.6. The summed E-state index contributed by atoms with van der Waals surface area (Å²) >= 11 is 6.01. The van der Waals surface area contributed by atoms with Crippen molar-refractivity contribution in [3.05, 3.63) is 41.4 Å². The highest BCUT2D eigenvalue weighted by atomic mass is 35.5. The van der Waals surface area contributed by atoms with Gasteiger partial charge in [0, 0.05) is 10.7 Å². The summed E-state index contributed by atoms with van der Waals surface area (Å²) in [6.45, 7) is 0.386. The monoisotopic (exact) mass is 319 g/mol. The van der Waals surface area contributed by atoms with Crippen LogP contribution in [0.1, 0.15) is 0 Å². The minimum Gasteiger partial charge on any atom is -0.469 e. The van der Waals surface area contributed by atoms with Crippen LogP contribution in [-0.4, -0.2) is 37.2 Å². The number of hydrogen-bond acceptors (Lipinski definition) is 4. The molecule has 0 unspecified atom stereocenters. The maximum Gasteiger partial charge on any atom is 0.312 e. The van der Waals surface area contributed by atoms with Gasteiger partial charge < -0.3 is 14.4 Å². The largest absolute Gasteiger partial charge is 0.469 e.